The molecule has 1 spiro atoms. The van der Waals surface area contributed by atoms with Crippen LogP contribution in [0.25, 0.3) is 0 Å². The highest BCUT2D eigenvalue weighted by atomic mass is 16.2. The van der Waals surface area contributed by atoms with Gasteiger partial charge in [0.15, 0.2) is 0 Å². The Morgan fingerprint density at radius 2 is 2.00 bits per heavy atom. The van der Waals surface area contributed by atoms with Crippen LogP contribution in [0.3, 0.4) is 0 Å². The summed E-state index contributed by atoms with van der Waals surface area (Å²) >= 11 is 0. The van der Waals surface area contributed by atoms with Crippen LogP contribution in [0.1, 0.15) is 57.1 Å². The number of carbonyl (C=O) groups excluding carboxylic acids is 2. The average Bonchev–Trinajstić information content (AvgIpc) is 3.37. The zero-order valence-corrected chi connectivity index (χ0v) is 15.3. The van der Waals surface area contributed by atoms with Crippen LogP contribution < -0.4 is 0 Å². The Morgan fingerprint density at radius 1 is 1.28 bits per heavy atom. The summed E-state index contributed by atoms with van der Waals surface area (Å²) in [4.78, 5) is 29.1. The first-order valence-corrected chi connectivity index (χ1v) is 9.56. The molecule has 0 aromatic carbocycles. The fourth-order valence-corrected chi connectivity index (χ4v) is 4.40. The molecule has 25 heavy (non-hydrogen) atoms. The third-order valence-corrected chi connectivity index (χ3v) is 6.30. The third kappa shape index (κ3) is 3.18. The van der Waals surface area contributed by atoms with Crippen molar-refractivity contribution in [2.75, 3.05) is 19.6 Å². The molecular formula is C19H28N4O2. The molecule has 1 atom stereocenters. The van der Waals surface area contributed by atoms with E-state index < -0.39 is 0 Å². The molecule has 0 unspecified atom stereocenters. The first-order valence-electron chi connectivity index (χ1n) is 9.56. The highest BCUT2D eigenvalue weighted by Gasteiger charge is 2.45. The minimum Gasteiger partial charge on any atom is -0.341 e. The number of aryl methyl sites for hydroxylation is 1. The Morgan fingerprint density at radius 3 is 2.60 bits per heavy atom. The van der Waals surface area contributed by atoms with Gasteiger partial charge in [-0.05, 0) is 56.9 Å². The second-order valence-corrected chi connectivity index (χ2v) is 8.25. The molecule has 136 valence electrons. The Labute approximate surface area is 149 Å². The van der Waals surface area contributed by atoms with Crippen LogP contribution >= 0.6 is 0 Å². The van der Waals surface area contributed by atoms with Crippen LogP contribution in [0.15, 0.2) is 12.4 Å². The lowest BCUT2D eigenvalue weighted by molar-refractivity contribution is -0.144. The van der Waals surface area contributed by atoms with E-state index in [2.05, 4.69) is 10.00 Å². The fourth-order valence-electron chi connectivity index (χ4n) is 4.40. The second kappa shape index (κ2) is 6.15. The lowest BCUT2D eigenvalue weighted by Gasteiger charge is -2.48. The summed E-state index contributed by atoms with van der Waals surface area (Å²) in [5, 5.41) is 4.28. The lowest BCUT2D eigenvalue weighted by atomic mass is 9.72. The van der Waals surface area contributed by atoms with E-state index in [1.807, 2.05) is 24.9 Å². The van der Waals surface area contributed by atoms with E-state index in [4.69, 9.17) is 0 Å². The van der Waals surface area contributed by atoms with Crippen LogP contribution in [0.5, 0.6) is 0 Å². The Bertz CT molecular complexity index is 671. The monoisotopic (exact) mass is 344 g/mol. The number of aromatic nitrogens is 2. The summed E-state index contributed by atoms with van der Waals surface area (Å²) in [7, 11) is 0. The van der Waals surface area contributed by atoms with E-state index in [9.17, 15) is 9.59 Å². The lowest BCUT2D eigenvalue weighted by Crippen LogP contribution is -2.53. The molecular weight excluding hydrogens is 316 g/mol. The van der Waals surface area contributed by atoms with Gasteiger partial charge in [-0.15, -0.1) is 0 Å². The van der Waals surface area contributed by atoms with Gasteiger partial charge in [0.2, 0.25) is 11.8 Å². The number of nitrogens with zero attached hydrogens (tertiary/aromatic N) is 4. The predicted octanol–water partition coefficient (Wildman–Crippen LogP) is 2.15. The normalized spacial score (nSPS) is 24.6. The third-order valence-electron chi connectivity index (χ3n) is 6.30. The van der Waals surface area contributed by atoms with Gasteiger partial charge in [-0.3, -0.25) is 14.3 Å². The summed E-state index contributed by atoms with van der Waals surface area (Å²) in [5.74, 6) is 0.498. The smallest absolute Gasteiger partial charge is 0.247 e. The Hall–Kier alpha value is -1.85. The molecule has 1 saturated carbocycles. The largest absolute Gasteiger partial charge is 0.341 e. The molecule has 0 bridgehead atoms. The molecule has 2 aliphatic heterocycles. The van der Waals surface area contributed by atoms with Crippen molar-refractivity contribution >= 4 is 11.8 Å². The minimum atomic E-state index is -0.251. The number of hydrogen-bond acceptors (Lipinski definition) is 3. The molecule has 1 aromatic rings. The minimum absolute atomic E-state index is 0.156. The predicted molar refractivity (Wildman–Crippen MR) is 93.9 cm³/mol. The molecule has 2 saturated heterocycles. The van der Waals surface area contributed by atoms with Crippen LogP contribution in [0.2, 0.25) is 0 Å². The average molecular weight is 344 g/mol. The molecule has 3 aliphatic rings. The highest BCUT2D eigenvalue weighted by molar-refractivity contribution is 5.80. The van der Waals surface area contributed by atoms with Crippen LogP contribution in [0.4, 0.5) is 0 Å². The highest BCUT2D eigenvalue weighted by Crippen LogP contribution is 2.43. The summed E-state index contributed by atoms with van der Waals surface area (Å²) < 4.78 is 1.76. The SMILES string of the molecule is Cc1cnn([C@@H](C)C(=O)N2CCC3(CCC(=O)N(C4CC4)C3)CC2)c1. The van der Waals surface area contributed by atoms with Gasteiger partial charge in [0, 0.05) is 38.3 Å². The van der Waals surface area contributed by atoms with Crippen molar-refractivity contribution < 1.29 is 9.59 Å². The summed E-state index contributed by atoms with van der Waals surface area (Å²) in [6.45, 7) is 6.42. The first-order chi connectivity index (χ1) is 12.0. The molecule has 3 fully saturated rings. The molecule has 6 nitrogen and oxygen atoms in total. The van der Waals surface area contributed by atoms with E-state index >= 15 is 0 Å². The van der Waals surface area contributed by atoms with Crippen LogP contribution in [-0.2, 0) is 9.59 Å². The second-order valence-electron chi connectivity index (χ2n) is 8.25. The molecule has 2 amide bonds. The molecule has 1 aromatic heterocycles. The number of hydrogen-bond donors (Lipinski definition) is 0. The van der Waals surface area contributed by atoms with E-state index in [1.165, 1.54) is 12.8 Å². The number of rotatable bonds is 3. The molecule has 1 aliphatic carbocycles. The molecule has 0 N–H and O–H groups in total. The number of amides is 2. The maximum absolute atomic E-state index is 12.8. The molecule has 3 heterocycles. The van der Waals surface area contributed by atoms with Crippen LogP contribution in [0, 0.1) is 12.3 Å². The van der Waals surface area contributed by atoms with E-state index in [-0.39, 0.29) is 17.4 Å². The maximum atomic E-state index is 12.8. The quantitative estimate of drug-likeness (QED) is 0.844. The maximum Gasteiger partial charge on any atom is 0.247 e. The van der Waals surface area contributed by atoms with E-state index in [1.54, 1.807) is 10.9 Å². The topological polar surface area (TPSA) is 58.4 Å². The van der Waals surface area contributed by atoms with Gasteiger partial charge in [0.1, 0.15) is 6.04 Å². The van der Waals surface area contributed by atoms with Gasteiger partial charge in [-0.1, -0.05) is 0 Å². The summed E-state index contributed by atoms with van der Waals surface area (Å²) in [6, 6.07) is 0.256. The van der Waals surface area contributed by atoms with Gasteiger partial charge < -0.3 is 9.80 Å². The molecule has 0 radical (unpaired) electrons. The van der Waals surface area contributed by atoms with Gasteiger partial charge in [0.05, 0.1) is 6.20 Å². The van der Waals surface area contributed by atoms with Gasteiger partial charge in [-0.2, -0.15) is 5.10 Å². The van der Waals surface area contributed by atoms with Gasteiger partial charge in [0.25, 0.3) is 0 Å². The van der Waals surface area contributed by atoms with E-state index in [0.29, 0.717) is 18.4 Å². The van der Waals surface area contributed by atoms with Crippen LogP contribution in [-0.4, -0.2) is 57.1 Å². The van der Waals surface area contributed by atoms with Crippen molar-refractivity contribution in [3.8, 4) is 0 Å². The first kappa shape index (κ1) is 16.6. The Kier molecular flexibility index (Phi) is 4.08. The van der Waals surface area contributed by atoms with Crippen molar-refractivity contribution in [3.05, 3.63) is 18.0 Å². The van der Waals surface area contributed by atoms with Crippen molar-refractivity contribution in [1.29, 1.82) is 0 Å². The standard InChI is InChI=1S/C19H28N4O2/c1-14-11-20-23(12-14)15(2)18(25)21-9-7-19(8-10-21)6-5-17(24)22(13-19)16-3-4-16/h11-12,15-16H,3-10,13H2,1-2H3/t15-/m0/s1. The van der Waals surface area contributed by atoms with Crippen molar-refractivity contribution in [2.24, 2.45) is 5.41 Å². The number of piperidine rings is 2. The van der Waals surface area contributed by atoms with Crippen molar-refractivity contribution in [1.82, 2.24) is 19.6 Å². The van der Waals surface area contributed by atoms with Gasteiger partial charge in [-0.25, -0.2) is 0 Å². The molecule has 6 heteroatoms. The summed E-state index contributed by atoms with van der Waals surface area (Å²) in [5.41, 5.74) is 1.31. The van der Waals surface area contributed by atoms with Gasteiger partial charge >= 0.3 is 0 Å². The molecule has 4 rings (SSSR count). The Balaban J connectivity index is 1.37. The van der Waals surface area contributed by atoms with Crippen molar-refractivity contribution in [3.63, 3.8) is 0 Å². The summed E-state index contributed by atoms with van der Waals surface area (Å²) in [6.07, 6.45) is 9.77. The zero-order valence-electron chi connectivity index (χ0n) is 15.3. The zero-order chi connectivity index (χ0) is 17.6. The van der Waals surface area contributed by atoms with Crippen molar-refractivity contribution in [2.45, 2.75) is 64.5 Å². The van der Waals surface area contributed by atoms with E-state index in [0.717, 1.165) is 44.5 Å². The number of likely N-dealkylation sites (tertiary alicyclic amines) is 2. The fraction of sp³-hybridized carbons (Fsp3) is 0.737. The number of carbonyl (C=O) groups is 2.